The summed E-state index contributed by atoms with van der Waals surface area (Å²) in [5.74, 6) is 1.33. The predicted octanol–water partition coefficient (Wildman–Crippen LogP) is 3.76. The van der Waals surface area contributed by atoms with Crippen molar-refractivity contribution in [3.63, 3.8) is 0 Å². The first kappa shape index (κ1) is 17.8. The van der Waals surface area contributed by atoms with Gasteiger partial charge in [-0.15, -0.1) is 0 Å². The van der Waals surface area contributed by atoms with E-state index in [1.54, 1.807) is 13.3 Å². The van der Waals surface area contributed by atoms with E-state index in [9.17, 15) is 5.11 Å². The molecule has 0 bridgehead atoms. The SMILES string of the molecule is COc1cccc(-c2cnc(C(O)c3ccc(CN4CCCC4)cc3)[nH]2)c1. The van der Waals surface area contributed by atoms with Crippen LogP contribution < -0.4 is 4.74 Å². The molecule has 4 rings (SSSR count). The lowest BCUT2D eigenvalue weighted by atomic mass is 10.1. The van der Waals surface area contributed by atoms with E-state index in [0.717, 1.165) is 29.1 Å². The Morgan fingerprint density at radius 2 is 1.93 bits per heavy atom. The lowest BCUT2D eigenvalue weighted by Gasteiger charge is -2.15. The van der Waals surface area contributed by atoms with Gasteiger partial charge in [-0.1, -0.05) is 36.4 Å². The van der Waals surface area contributed by atoms with E-state index in [4.69, 9.17) is 4.74 Å². The van der Waals surface area contributed by atoms with Gasteiger partial charge >= 0.3 is 0 Å². The molecule has 5 heteroatoms. The van der Waals surface area contributed by atoms with Crippen molar-refractivity contribution in [2.45, 2.75) is 25.5 Å². The van der Waals surface area contributed by atoms with Gasteiger partial charge in [-0.25, -0.2) is 4.98 Å². The zero-order chi connectivity index (χ0) is 18.6. The average molecular weight is 363 g/mol. The number of nitrogens with zero attached hydrogens (tertiary/aromatic N) is 2. The van der Waals surface area contributed by atoms with Crippen LogP contribution in [0.4, 0.5) is 0 Å². The van der Waals surface area contributed by atoms with Gasteiger partial charge in [0.05, 0.1) is 19.0 Å². The molecule has 2 N–H and O–H groups in total. The molecule has 1 aliphatic heterocycles. The van der Waals surface area contributed by atoms with Gasteiger partial charge in [-0.2, -0.15) is 0 Å². The molecule has 0 saturated carbocycles. The van der Waals surface area contributed by atoms with E-state index in [0.29, 0.717) is 5.82 Å². The fourth-order valence-electron chi connectivity index (χ4n) is 3.58. The van der Waals surface area contributed by atoms with E-state index in [1.807, 2.05) is 36.4 Å². The van der Waals surface area contributed by atoms with E-state index < -0.39 is 6.10 Å². The molecule has 140 valence electrons. The number of hydrogen-bond acceptors (Lipinski definition) is 4. The number of hydrogen-bond donors (Lipinski definition) is 2. The Bertz CT molecular complexity index is 883. The standard InChI is InChI=1S/C22H25N3O2/c1-27-19-6-4-5-18(13-19)20-14-23-22(24-20)21(26)17-9-7-16(8-10-17)15-25-11-2-3-12-25/h4-10,13-14,21,26H,2-3,11-12,15H2,1H3,(H,23,24). The smallest absolute Gasteiger partial charge is 0.140 e. The van der Waals surface area contributed by atoms with Gasteiger partial charge in [0, 0.05) is 12.1 Å². The highest BCUT2D eigenvalue weighted by molar-refractivity contribution is 5.60. The van der Waals surface area contributed by atoms with Crippen LogP contribution in [0, 0.1) is 0 Å². The molecule has 1 fully saturated rings. The summed E-state index contributed by atoms with van der Waals surface area (Å²) in [6, 6.07) is 15.9. The molecule has 1 aliphatic rings. The first-order valence-corrected chi connectivity index (χ1v) is 9.41. The summed E-state index contributed by atoms with van der Waals surface area (Å²) in [5.41, 5.74) is 3.95. The lowest BCUT2D eigenvalue weighted by molar-refractivity contribution is 0.211. The van der Waals surface area contributed by atoms with Gasteiger partial charge in [0.2, 0.25) is 0 Å². The van der Waals surface area contributed by atoms with E-state index in [-0.39, 0.29) is 0 Å². The first-order valence-electron chi connectivity index (χ1n) is 9.41. The fourth-order valence-corrected chi connectivity index (χ4v) is 3.58. The summed E-state index contributed by atoms with van der Waals surface area (Å²) in [6.45, 7) is 3.35. The number of benzene rings is 2. The van der Waals surface area contributed by atoms with E-state index in [1.165, 1.54) is 31.5 Å². The Morgan fingerprint density at radius 1 is 1.15 bits per heavy atom. The predicted molar refractivity (Wildman–Crippen MR) is 106 cm³/mol. The Kier molecular flexibility index (Phi) is 5.23. The number of rotatable bonds is 6. The van der Waals surface area contributed by atoms with Crippen LogP contribution in [0.1, 0.15) is 35.9 Å². The zero-order valence-corrected chi connectivity index (χ0v) is 15.6. The topological polar surface area (TPSA) is 61.4 Å². The average Bonchev–Trinajstić information content (AvgIpc) is 3.40. The summed E-state index contributed by atoms with van der Waals surface area (Å²) in [7, 11) is 1.65. The van der Waals surface area contributed by atoms with Crippen molar-refractivity contribution in [3.05, 3.63) is 71.7 Å². The van der Waals surface area contributed by atoms with Crippen LogP contribution in [-0.2, 0) is 6.54 Å². The van der Waals surface area contributed by atoms with Gasteiger partial charge in [-0.3, -0.25) is 4.90 Å². The lowest BCUT2D eigenvalue weighted by Crippen LogP contribution is -2.18. The number of methoxy groups -OCH3 is 1. The van der Waals surface area contributed by atoms with Crippen LogP contribution in [-0.4, -0.2) is 40.2 Å². The van der Waals surface area contributed by atoms with Crippen LogP contribution >= 0.6 is 0 Å². The number of nitrogens with one attached hydrogen (secondary N) is 1. The van der Waals surface area contributed by atoms with Crippen molar-refractivity contribution in [3.8, 4) is 17.0 Å². The first-order chi connectivity index (χ1) is 13.2. The van der Waals surface area contributed by atoms with Crippen molar-refractivity contribution >= 4 is 0 Å². The van der Waals surface area contributed by atoms with Gasteiger partial charge in [0.25, 0.3) is 0 Å². The number of imidazole rings is 1. The van der Waals surface area contributed by atoms with Crippen LogP contribution in [0.25, 0.3) is 11.3 Å². The zero-order valence-electron chi connectivity index (χ0n) is 15.6. The van der Waals surface area contributed by atoms with Crippen LogP contribution in [0.3, 0.4) is 0 Å². The van der Waals surface area contributed by atoms with Crippen molar-refractivity contribution in [2.75, 3.05) is 20.2 Å². The molecule has 0 spiro atoms. The minimum Gasteiger partial charge on any atom is -0.497 e. The summed E-state index contributed by atoms with van der Waals surface area (Å²) >= 11 is 0. The largest absolute Gasteiger partial charge is 0.497 e. The number of aromatic nitrogens is 2. The monoisotopic (exact) mass is 363 g/mol. The van der Waals surface area contributed by atoms with Crippen LogP contribution in [0.5, 0.6) is 5.75 Å². The van der Waals surface area contributed by atoms with Crippen LogP contribution in [0.2, 0.25) is 0 Å². The van der Waals surface area contributed by atoms with Gasteiger partial charge in [0.15, 0.2) is 0 Å². The third-order valence-electron chi connectivity index (χ3n) is 5.14. The molecule has 2 heterocycles. The van der Waals surface area contributed by atoms with Gasteiger partial charge in [0.1, 0.15) is 17.7 Å². The number of ether oxygens (including phenoxy) is 1. The van der Waals surface area contributed by atoms with Gasteiger partial charge < -0.3 is 14.8 Å². The van der Waals surface area contributed by atoms with Crippen molar-refractivity contribution in [1.82, 2.24) is 14.9 Å². The van der Waals surface area contributed by atoms with Crippen molar-refractivity contribution in [2.24, 2.45) is 0 Å². The van der Waals surface area contributed by atoms with Gasteiger partial charge in [-0.05, 0) is 49.2 Å². The second-order valence-electron chi connectivity index (χ2n) is 7.04. The molecular formula is C22H25N3O2. The quantitative estimate of drug-likeness (QED) is 0.700. The maximum absolute atomic E-state index is 10.7. The van der Waals surface area contributed by atoms with E-state index >= 15 is 0 Å². The number of likely N-dealkylation sites (tertiary alicyclic amines) is 1. The number of H-pyrrole nitrogens is 1. The third-order valence-corrected chi connectivity index (χ3v) is 5.14. The molecule has 1 aromatic heterocycles. The fraction of sp³-hybridized carbons (Fsp3) is 0.318. The maximum Gasteiger partial charge on any atom is 0.140 e. The Hall–Kier alpha value is -2.63. The Morgan fingerprint density at radius 3 is 2.67 bits per heavy atom. The van der Waals surface area contributed by atoms with Crippen molar-refractivity contribution in [1.29, 1.82) is 0 Å². The summed E-state index contributed by atoms with van der Waals surface area (Å²) in [5, 5.41) is 10.7. The van der Waals surface area contributed by atoms with Crippen molar-refractivity contribution < 1.29 is 9.84 Å². The maximum atomic E-state index is 10.7. The molecule has 2 aromatic carbocycles. The minimum absolute atomic E-state index is 0.542. The minimum atomic E-state index is -0.773. The Labute approximate surface area is 159 Å². The molecule has 3 aromatic rings. The highest BCUT2D eigenvalue weighted by Crippen LogP contribution is 2.26. The molecule has 0 radical (unpaired) electrons. The highest BCUT2D eigenvalue weighted by Gasteiger charge is 2.16. The molecule has 5 nitrogen and oxygen atoms in total. The summed E-state index contributed by atoms with van der Waals surface area (Å²) in [6.07, 6.45) is 3.57. The molecule has 27 heavy (non-hydrogen) atoms. The summed E-state index contributed by atoms with van der Waals surface area (Å²) in [4.78, 5) is 10.1. The second kappa shape index (κ2) is 7.94. The molecule has 1 atom stereocenters. The number of aliphatic hydroxyl groups is 1. The Balaban J connectivity index is 1.47. The summed E-state index contributed by atoms with van der Waals surface area (Å²) < 4.78 is 5.27. The number of aliphatic hydroxyl groups excluding tert-OH is 1. The second-order valence-corrected chi connectivity index (χ2v) is 7.04. The third kappa shape index (κ3) is 4.04. The molecular weight excluding hydrogens is 338 g/mol. The van der Waals surface area contributed by atoms with Crippen LogP contribution in [0.15, 0.2) is 54.7 Å². The molecule has 1 saturated heterocycles. The normalized spacial score (nSPS) is 15.8. The molecule has 0 amide bonds. The molecule has 1 unspecified atom stereocenters. The number of aromatic amines is 1. The van der Waals surface area contributed by atoms with E-state index in [2.05, 4.69) is 27.0 Å². The highest BCUT2D eigenvalue weighted by atomic mass is 16.5. The molecule has 0 aliphatic carbocycles.